The Labute approximate surface area is 136 Å². The van der Waals surface area contributed by atoms with E-state index in [0.29, 0.717) is 17.3 Å². The Morgan fingerprint density at radius 3 is 2.74 bits per heavy atom. The van der Waals surface area contributed by atoms with Gasteiger partial charge in [0.1, 0.15) is 11.5 Å². The van der Waals surface area contributed by atoms with Gasteiger partial charge in [-0.15, -0.1) is 11.3 Å². The summed E-state index contributed by atoms with van der Waals surface area (Å²) in [6, 6.07) is 7.51. The quantitative estimate of drug-likeness (QED) is 0.897. The first-order chi connectivity index (χ1) is 11.2. The number of methoxy groups -OCH3 is 1. The van der Waals surface area contributed by atoms with Crippen LogP contribution in [0.25, 0.3) is 11.3 Å². The maximum Gasteiger partial charge on any atom is 0.273 e. The maximum absolute atomic E-state index is 12.1. The van der Waals surface area contributed by atoms with Gasteiger partial charge in [0.2, 0.25) is 5.91 Å². The van der Waals surface area contributed by atoms with Gasteiger partial charge in [-0.3, -0.25) is 14.9 Å². The Morgan fingerprint density at radius 2 is 2.09 bits per heavy atom. The van der Waals surface area contributed by atoms with E-state index in [2.05, 4.69) is 20.8 Å². The van der Waals surface area contributed by atoms with E-state index in [9.17, 15) is 9.59 Å². The minimum absolute atomic E-state index is 0.183. The molecule has 0 aliphatic carbocycles. The minimum atomic E-state index is -0.347. The van der Waals surface area contributed by atoms with E-state index in [0.717, 1.165) is 17.0 Å². The lowest BCUT2D eigenvalue weighted by Gasteiger charge is -2.10. The molecule has 118 valence electrons. The van der Waals surface area contributed by atoms with E-state index in [1.807, 2.05) is 29.6 Å². The van der Waals surface area contributed by atoms with Gasteiger partial charge in [-0.2, -0.15) is 5.10 Å². The highest BCUT2D eigenvalue weighted by atomic mass is 32.1. The summed E-state index contributed by atoms with van der Waals surface area (Å²) >= 11 is 1.33. The molecule has 23 heavy (non-hydrogen) atoms. The van der Waals surface area contributed by atoms with E-state index in [1.54, 1.807) is 7.11 Å². The van der Waals surface area contributed by atoms with Crippen LogP contribution in [0.4, 0.5) is 5.13 Å². The molecule has 1 aliphatic rings. The Balaban J connectivity index is 1.69. The summed E-state index contributed by atoms with van der Waals surface area (Å²) in [6.07, 6.45) is 0.593. The number of hydrogen-bond donors (Lipinski definition) is 2. The first-order valence-electron chi connectivity index (χ1n) is 6.92. The molecular formula is C15H14N4O3S. The van der Waals surface area contributed by atoms with Gasteiger partial charge in [-0.05, 0) is 24.3 Å². The molecule has 0 atom stereocenters. The number of amides is 2. The molecule has 3 rings (SSSR count). The van der Waals surface area contributed by atoms with Gasteiger partial charge in [0.15, 0.2) is 5.13 Å². The molecule has 7 nitrogen and oxygen atoms in total. The monoisotopic (exact) mass is 330 g/mol. The van der Waals surface area contributed by atoms with Crippen molar-refractivity contribution in [2.45, 2.75) is 12.8 Å². The number of thiazole rings is 1. The van der Waals surface area contributed by atoms with Crippen LogP contribution in [-0.4, -0.2) is 29.6 Å². The smallest absolute Gasteiger partial charge is 0.273 e. The van der Waals surface area contributed by atoms with Crippen LogP contribution in [0.3, 0.4) is 0 Å². The number of hydrazone groups is 1. The summed E-state index contributed by atoms with van der Waals surface area (Å²) < 4.78 is 5.12. The molecule has 0 saturated carbocycles. The Morgan fingerprint density at radius 1 is 1.30 bits per heavy atom. The van der Waals surface area contributed by atoms with Crippen LogP contribution in [0.2, 0.25) is 0 Å². The number of hydrogen-bond acceptors (Lipinski definition) is 6. The van der Waals surface area contributed by atoms with Gasteiger partial charge in [0.05, 0.1) is 12.8 Å². The molecule has 0 saturated heterocycles. The third kappa shape index (κ3) is 3.54. The Bertz CT molecular complexity index is 767. The summed E-state index contributed by atoms with van der Waals surface area (Å²) in [6.45, 7) is 0. The molecule has 2 N–H and O–H groups in total. The third-order valence-corrected chi connectivity index (χ3v) is 4.03. The van der Waals surface area contributed by atoms with Crippen molar-refractivity contribution in [2.75, 3.05) is 12.4 Å². The van der Waals surface area contributed by atoms with Crippen molar-refractivity contribution in [3.63, 3.8) is 0 Å². The van der Waals surface area contributed by atoms with Crippen LogP contribution in [0, 0.1) is 0 Å². The average molecular weight is 330 g/mol. The topological polar surface area (TPSA) is 92.7 Å². The minimum Gasteiger partial charge on any atom is -0.497 e. The summed E-state index contributed by atoms with van der Waals surface area (Å²) in [7, 11) is 1.61. The number of carbonyl (C=O) groups excluding carboxylic acids is 2. The fraction of sp³-hybridized carbons (Fsp3) is 0.200. The number of ether oxygens (including phenoxy) is 1. The zero-order valence-electron chi connectivity index (χ0n) is 12.3. The van der Waals surface area contributed by atoms with Crippen LogP contribution in [0.5, 0.6) is 5.75 Å². The molecular weight excluding hydrogens is 316 g/mol. The van der Waals surface area contributed by atoms with Gasteiger partial charge < -0.3 is 4.74 Å². The highest BCUT2D eigenvalue weighted by Gasteiger charge is 2.19. The maximum atomic E-state index is 12.1. The van der Waals surface area contributed by atoms with Gasteiger partial charge in [-0.1, -0.05) is 0 Å². The van der Waals surface area contributed by atoms with Crippen molar-refractivity contribution in [2.24, 2.45) is 5.10 Å². The molecule has 1 aliphatic heterocycles. The standard InChI is InChI=1S/C15H14N4O3S/c1-22-10-4-2-9(3-5-10)12-8-23-15(16-12)17-14(21)11-6-7-13(20)19-18-11/h2-5,8H,6-7H2,1H3,(H,19,20)(H,16,17,21). The van der Waals surface area contributed by atoms with Crippen molar-refractivity contribution in [1.29, 1.82) is 0 Å². The van der Waals surface area contributed by atoms with Gasteiger partial charge in [0.25, 0.3) is 5.91 Å². The Kier molecular flexibility index (Phi) is 4.33. The molecule has 0 fully saturated rings. The number of aromatic nitrogens is 1. The lowest BCUT2D eigenvalue weighted by molar-refractivity contribution is -0.121. The number of anilines is 1. The van der Waals surface area contributed by atoms with Crippen molar-refractivity contribution >= 4 is 34.0 Å². The largest absolute Gasteiger partial charge is 0.497 e. The van der Waals surface area contributed by atoms with Gasteiger partial charge in [-0.25, -0.2) is 10.4 Å². The second kappa shape index (κ2) is 6.57. The predicted molar refractivity (Wildman–Crippen MR) is 87.5 cm³/mol. The summed E-state index contributed by atoms with van der Waals surface area (Å²) in [5.74, 6) is 0.244. The SMILES string of the molecule is COc1ccc(-c2csc(NC(=O)C3=NNC(=O)CC3)n2)cc1. The first-order valence-corrected chi connectivity index (χ1v) is 7.80. The van der Waals surface area contributed by atoms with Crippen molar-refractivity contribution in [1.82, 2.24) is 10.4 Å². The van der Waals surface area contributed by atoms with E-state index >= 15 is 0 Å². The molecule has 0 unspecified atom stereocenters. The van der Waals surface area contributed by atoms with Gasteiger partial charge in [0, 0.05) is 23.8 Å². The number of benzene rings is 1. The highest BCUT2D eigenvalue weighted by molar-refractivity contribution is 7.14. The van der Waals surface area contributed by atoms with Crippen molar-refractivity contribution in [3.8, 4) is 17.0 Å². The number of nitrogens with one attached hydrogen (secondary N) is 2. The molecule has 2 aromatic rings. The number of carbonyl (C=O) groups is 2. The van der Waals surface area contributed by atoms with Crippen LogP contribution in [0.15, 0.2) is 34.7 Å². The fourth-order valence-electron chi connectivity index (χ4n) is 2.03. The van der Waals surface area contributed by atoms with E-state index in [-0.39, 0.29) is 18.2 Å². The Hall–Kier alpha value is -2.74. The molecule has 1 aromatic heterocycles. The lowest BCUT2D eigenvalue weighted by Crippen LogP contribution is -2.32. The zero-order chi connectivity index (χ0) is 16.2. The lowest BCUT2D eigenvalue weighted by atomic mass is 10.1. The van der Waals surface area contributed by atoms with Crippen LogP contribution in [-0.2, 0) is 9.59 Å². The van der Waals surface area contributed by atoms with E-state index in [4.69, 9.17) is 4.74 Å². The summed E-state index contributed by atoms with van der Waals surface area (Å²) in [5, 5.41) is 8.81. The first kappa shape index (κ1) is 15.2. The molecule has 2 amide bonds. The fourth-order valence-corrected chi connectivity index (χ4v) is 2.75. The van der Waals surface area contributed by atoms with Crippen LogP contribution in [0.1, 0.15) is 12.8 Å². The molecule has 0 spiro atoms. The number of rotatable bonds is 4. The molecule has 0 radical (unpaired) electrons. The van der Waals surface area contributed by atoms with Crippen LogP contribution >= 0.6 is 11.3 Å². The molecule has 2 heterocycles. The second-order valence-corrected chi connectivity index (χ2v) is 5.67. The second-order valence-electron chi connectivity index (χ2n) is 4.81. The molecule has 1 aromatic carbocycles. The normalized spacial score (nSPS) is 14.0. The zero-order valence-corrected chi connectivity index (χ0v) is 13.1. The average Bonchev–Trinajstić information content (AvgIpc) is 3.04. The third-order valence-electron chi connectivity index (χ3n) is 3.28. The van der Waals surface area contributed by atoms with Crippen molar-refractivity contribution < 1.29 is 14.3 Å². The van der Waals surface area contributed by atoms with Crippen LogP contribution < -0.4 is 15.5 Å². The molecule has 0 bridgehead atoms. The predicted octanol–water partition coefficient (Wildman–Crippen LogP) is 2.02. The van der Waals surface area contributed by atoms with Gasteiger partial charge >= 0.3 is 0 Å². The van der Waals surface area contributed by atoms with Crippen molar-refractivity contribution in [3.05, 3.63) is 29.6 Å². The highest BCUT2D eigenvalue weighted by Crippen LogP contribution is 2.26. The summed E-state index contributed by atoms with van der Waals surface area (Å²) in [5.41, 5.74) is 4.30. The van der Waals surface area contributed by atoms with E-state index < -0.39 is 0 Å². The van der Waals surface area contributed by atoms with E-state index in [1.165, 1.54) is 11.3 Å². The number of nitrogens with zero attached hydrogens (tertiary/aromatic N) is 2. The molecule has 8 heteroatoms. The summed E-state index contributed by atoms with van der Waals surface area (Å²) in [4.78, 5) is 27.5.